The van der Waals surface area contributed by atoms with Gasteiger partial charge in [0.15, 0.2) is 5.78 Å². The number of hydrogen-bond acceptors (Lipinski definition) is 2. The maximum absolute atomic E-state index is 11.6. The summed E-state index contributed by atoms with van der Waals surface area (Å²) in [6, 6.07) is 22.7. The van der Waals surface area contributed by atoms with Crippen molar-refractivity contribution in [3.63, 3.8) is 0 Å². The number of Topliss-reactive ketones (excluding diaryl/α,β-unsaturated/α-hetero) is 1. The van der Waals surface area contributed by atoms with E-state index in [0.717, 1.165) is 37.6 Å². The zero-order valence-electron chi connectivity index (χ0n) is 15.4. The van der Waals surface area contributed by atoms with Gasteiger partial charge < -0.3 is 0 Å². The van der Waals surface area contributed by atoms with Gasteiger partial charge in [-0.15, -0.1) is 0 Å². The van der Waals surface area contributed by atoms with Crippen molar-refractivity contribution in [2.75, 3.05) is 0 Å². The lowest BCUT2D eigenvalue weighted by atomic mass is 9.98. The van der Waals surface area contributed by atoms with E-state index in [1.165, 1.54) is 5.56 Å². The number of rotatable bonds is 5. The lowest BCUT2D eigenvalue weighted by Gasteiger charge is -2.14. The summed E-state index contributed by atoms with van der Waals surface area (Å²) in [6.45, 7) is 10.1. The highest BCUT2D eigenvalue weighted by Gasteiger charge is 2.11. The van der Waals surface area contributed by atoms with Gasteiger partial charge in [0.05, 0.1) is 0 Å². The number of hydrogen-bond donors (Lipinski definition) is 0. The number of carbonyl (C=O) groups is 1. The van der Waals surface area contributed by atoms with Crippen molar-refractivity contribution in [1.82, 2.24) is 0 Å². The van der Waals surface area contributed by atoms with Gasteiger partial charge in [0.1, 0.15) is 0 Å². The van der Waals surface area contributed by atoms with Gasteiger partial charge >= 0.3 is 0 Å². The highest BCUT2D eigenvalue weighted by Crippen LogP contribution is 2.37. The first-order chi connectivity index (χ1) is 12.5. The predicted molar refractivity (Wildman–Crippen MR) is 111 cm³/mol. The lowest BCUT2D eigenvalue weighted by Crippen LogP contribution is -1.94. The molecule has 0 N–H and O–H groups in total. The topological polar surface area (TPSA) is 17.1 Å². The van der Waals surface area contributed by atoms with E-state index in [9.17, 15) is 4.79 Å². The summed E-state index contributed by atoms with van der Waals surface area (Å²) in [5.74, 6) is 0.0953. The van der Waals surface area contributed by atoms with E-state index >= 15 is 0 Å². The summed E-state index contributed by atoms with van der Waals surface area (Å²) < 4.78 is 0. The molecular formula is C24H22OS. The van der Waals surface area contributed by atoms with Crippen molar-refractivity contribution in [1.29, 1.82) is 0 Å². The number of carbonyl (C=O) groups excluding carboxylic acids is 1. The van der Waals surface area contributed by atoms with Gasteiger partial charge in [-0.05, 0) is 61.2 Å². The summed E-state index contributed by atoms with van der Waals surface area (Å²) in [4.78, 5) is 13.9. The van der Waals surface area contributed by atoms with E-state index in [0.29, 0.717) is 0 Å². The van der Waals surface area contributed by atoms with Crippen molar-refractivity contribution in [2.45, 2.75) is 30.6 Å². The Bertz CT molecular complexity index is 985. The monoisotopic (exact) mass is 358 g/mol. The zero-order chi connectivity index (χ0) is 18.7. The Morgan fingerprint density at radius 1 is 0.846 bits per heavy atom. The van der Waals surface area contributed by atoms with E-state index in [2.05, 4.69) is 56.0 Å². The summed E-state index contributed by atoms with van der Waals surface area (Å²) in [5, 5.41) is 0. The van der Waals surface area contributed by atoms with Crippen LogP contribution in [-0.4, -0.2) is 5.78 Å². The Hall–Kier alpha value is -2.58. The molecule has 3 aromatic rings. The minimum absolute atomic E-state index is 0.0953. The normalized spacial score (nSPS) is 10.6. The van der Waals surface area contributed by atoms with E-state index in [1.807, 2.05) is 31.2 Å². The molecule has 1 nitrogen and oxygen atoms in total. The standard InChI is InChI=1S/C24H22OS/c1-16-8-7-9-20(14-16)18(3)22-10-5-6-11-24(22)26-23-13-12-21(19(4)25)15-17(23)2/h5-15H,3H2,1-2,4H3. The van der Waals surface area contributed by atoms with Crippen LogP contribution in [0, 0.1) is 13.8 Å². The van der Waals surface area contributed by atoms with E-state index in [-0.39, 0.29) is 5.78 Å². The second kappa shape index (κ2) is 7.76. The fraction of sp³-hybridized carbons (Fsp3) is 0.125. The zero-order valence-corrected chi connectivity index (χ0v) is 16.2. The Kier molecular flexibility index (Phi) is 5.43. The Balaban J connectivity index is 1.95. The molecule has 0 aliphatic carbocycles. The molecule has 0 atom stereocenters. The Labute approximate surface area is 159 Å². The SMILES string of the molecule is C=C(c1cccc(C)c1)c1ccccc1Sc1ccc(C(C)=O)cc1C. The largest absolute Gasteiger partial charge is 0.295 e. The van der Waals surface area contributed by atoms with Crippen LogP contribution in [0.1, 0.15) is 39.5 Å². The number of ketones is 1. The van der Waals surface area contributed by atoms with E-state index < -0.39 is 0 Å². The summed E-state index contributed by atoms with van der Waals surface area (Å²) >= 11 is 1.72. The minimum atomic E-state index is 0.0953. The van der Waals surface area contributed by atoms with Crippen LogP contribution in [0.3, 0.4) is 0 Å². The molecular weight excluding hydrogens is 336 g/mol. The molecule has 0 aliphatic rings. The quantitative estimate of drug-likeness (QED) is 0.471. The lowest BCUT2D eigenvalue weighted by molar-refractivity contribution is 0.101. The van der Waals surface area contributed by atoms with Gasteiger partial charge in [-0.25, -0.2) is 0 Å². The first kappa shape index (κ1) is 18.2. The van der Waals surface area contributed by atoms with Crippen LogP contribution >= 0.6 is 11.8 Å². The average Bonchev–Trinajstić information content (AvgIpc) is 2.63. The molecule has 0 spiro atoms. The van der Waals surface area contributed by atoms with Gasteiger partial charge in [-0.2, -0.15) is 0 Å². The smallest absolute Gasteiger partial charge is 0.159 e. The predicted octanol–water partition coefficient (Wildman–Crippen LogP) is 6.72. The first-order valence-electron chi connectivity index (χ1n) is 8.60. The van der Waals surface area contributed by atoms with Gasteiger partial charge in [0.2, 0.25) is 0 Å². The van der Waals surface area contributed by atoms with E-state index in [4.69, 9.17) is 0 Å². The molecule has 0 aliphatic heterocycles. The molecule has 0 radical (unpaired) electrons. The number of benzene rings is 3. The minimum Gasteiger partial charge on any atom is -0.295 e. The Morgan fingerprint density at radius 2 is 1.62 bits per heavy atom. The molecule has 3 rings (SSSR count). The molecule has 0 fully saturated rings. The van der Waals surface area contributed by atoms with Crippen LogP contribution in [0.2, 0.25) is 0 Å². The molecule has 26 heavy (non-hydrogen) atoms. The maximum Gasteiger partial charge on any atom is 0.159 e. The van der Waals surface area contributed by atoms with Crippen LogP contribution < -0.4 is 0 Å². The van der Waals surface area contributed by atoms with Crippen LogP contribution in [0.5, 0.6) is 0 Å². The second-order valence-corrected chi connectivity index (χ2v) is 7.57. The molecule has 2 heteroatoms. The maximum atomic E-state index is 11.6. The third kappa shape index (κ3) is 3.97. The van der Waals surface area contributed by atoms with Gasteiger partial charge in [0.25, 0.3) is 0 Å². The molecule has 3 aromatic carbocycles. The molecule has 0 bridgehead atoms. The van der Waals surface area contributed by atoms with Crippen molar-refractivity contribution < 1.29 is 4.79 Å². The van der Waals surface area contributed by atoms with Crippen LogP contribution in [-0.2, 0) is 0 Å². The molecule has 0 saturated heterocycles. The molecule has 0 saturated carbocycles. The van der Waals surface area contributed by atoms with Gasteiger partial charge in [-0.1, -0.05) is 72.4 Å². The fourth-order valence-electron chi connectivity index (χ4n) is 2.89. The molecule has 0 heterocycles. The van der Waals surface area contributed by atoms with Crippen LogP contribution in [0.15, 0.2) is 83.1 Å². The molecule has 0 unspecified atom stereocenters. The van der Waals surface area contributed by atoms with Gasteiger partial charge in [0, 0.05) is 15.4 Å². The molecule has 130 valence electrons. The van der Waals surface area contributed by atoms with Crippen molar-refractivity contribution in [3.05, 3.63) is 101 Å². The Morgan fingerprint density at radius 3 is 2.31 bits per heavy atom. The first-order valence-corrected chi connectivity index (χ1v) is 9.42. The second-order valence-electron chi connectivity index (χ2n) is 6.48. The molecule has 0 amide bonds. The van der Waals surface area contributed by atoms with Crippen molar-refractivity contribution >= 4 is 23.1 Å². The van der Waals surface area contributed by atoms with Gasteiger partial charge in [-0.3, -0.25) is 4.79 Å². The fourth-order valence-corrected chi connectivity index (χ4v) is 3.94. The summed E-state index contributed by atoms with van der Waals surface area (Å²) in [5.41, 5.74) is 6.39. The van der Waals surface area contributed by atoms with Crippen molar-refractivity contribution in [3.8, 4) is 0 Å². The summed E-state index contributed by atoms with van der Waals surface area (Å²) in [6.07, 6.45) is 0. The van der Waals surface area contributed by atoms with Crippen LogP contribution in [0.25, 0.3) is 5.57 Å². The highest BCUT2D eigenvalue weighted by atomic mass is 32.2. The summed E-state index contributed by atoms with van der Waals surface area (Å²) in [7, 11) is 0. The highest BCUT2D eigenvalue weighted by molar-refractivity contribution is 7.99. The third-order valence-electron chi connectivity index (χ3n) is 4.38. The van der Waals surface area contributed by atoms with Crippen molar-refractivity contribution in [2.24, 2.45) is 0 Å². The third-order valence-corrected chi connectivity index (χ3v) is 5.63. The van der Waals surface area contributed by atoms with Crippen LogP contribution in [0.4, 0.5) is 0 Å². The average molecular weight is 359 g/mol. The number of aryl methyl sites for hydroxylation is 2. The van der Waals surface area contributed by atoms with E-state index in [1.54, 1.807) is 18.7 Å². The molecule has 0 aromatic heterocycles.